The molecule has 4 aliphatic heterocycles. The van der Waals surface area contributed by atoms with Gasteiger partial charge in [0.15, 0.2) is 0 Å². The molecule has 3 atom stereocenters. The number of aldehydes is 1. The van der Waals surface area contributed by atoms with Gasteiger partial charge in [0, 0.05) is 44.4 Å². The van der Waals surface area contributed by atoms with E-state index in [0.29, 0.717) is 29.6 Å². The SMILES string of the molecule is CNC(=O)C(CCC=O)N(C=O)C(=O)c1ccc(N2CCC(CN3CCC4(CCC(N5N=C(c6ccc(Oc7ccccc7)c(C)c6)C6C5=NC=NC6N)CC4)CC3)CC2)cc1C. The number of piperidine rings is 2. The van der Waals surface area contributed by atoms with Crippen LogP contribution in [0.4, 0.5) is 5.69 Å². The zero-order valence-electron chi connectivity index (χ0n) is 36.8. The normalized spacial score (nSPS) is 21.9. The Labute approximate surface area is 370 Å². The van der Waals surface area contributed by atoms with Crippen molar-refractivity contribution < 1.29 is 23.9 Å². The summed E-state index contributed by atoms with van der Waals surface area (Å²) < 4.78 is 6.17. The number of aryl methyl sites for hydroxylation is 2. The number of rotatable bonds is 14. The first-order valence-electron chi connectivity index (χ1n) is 22.7. The van der Waals surface area contributed by atoms with Crippen molar-refractivity contribution in [2.24, 2.45) is 38.1 Å². The summed E-state index contributed by atoms with van der Waals surface area (Å²) in [4.78, 5) is 64.2. The van der Waals surface area contributed by atoms with E-state index >= 15 is 0 Å². The molecule has 3 unspecified atom stereocenters. The average Bonchev–Trinajstić information content (AvgIpc) is 3.70. The molecule has 3 fully saturated rings. The number of imide groups is 1. The van der Waals surface area contributed by atoms with E-state index in [2.05, 4.69) is 44.2 Å². The first-order valence-corrected chi connectivity index (χ1v) is 22.7. The zero-order chi connectivity index (χ0) is 44.1. The highest BCUT2D eigenvalue weighted by molar-refractivity contribution is 6.20. The van der Waals surface area contributed by atoms with Gasteiger partial charge in [-0.1, -0.05) is 18.2 Å². The molecule has 1 saturated carbocycles. The van der Waals surface area contributed by atoms with Crippen molar-refractivity contribution in [3.05, 3.63) is 89.0 Å². The van der Waals surface area contributed by atoms with Gasteiger partial charge in [-0.05, 0) is 161 Å². The number of hydrogen-bond donors (Lipinski definition) is 2. The summed E-state index contributed by atoms with van der Waals surface area (Å²) >= 11 is 0. The number of carbonyl (C=O) groups excluding carboxylic acids is 4. The number of ether oxygens (including phenoxy) is 1. The molecule has 2 saturated heterocycles. The predicted molar refractivity (Wildman–Crippen MR) is 245 cm³/mol. The Morgan fingerprint density at radius 3 is 2.35 bits per heavy atom. The van der Waals surface area contributed by atoms with E-state index in [4.69, 9.17) is 20.6 Å². The van der Waals surface area contributed by atoms with Crippen molar-refractivity contribution in [2.45, 2.75) is 96.3 Å². The number of likely N-dealkylation sites (N-methyl/N-ethyl adjacent to an activating group) is 1. The van der Waals surface area contributed by atoms with E-state index in [1.807, 2.05) is 55.5 Å². The number of benzene rings is 3. The molecule has 14 heteroatoms. The number of fused-ring (bicyclic) bond motifs is 1. The fourth-order valence-electron chi connectivity index (χ4n) is 10.4. The van der Waals surface area contributed by atoms with Crippen molar-refractivity contribution >= 4 is 48.1 Å². The number of aliphatic imine (C=N–C) groups is 2. The van der Waals surface area contributed by atoms with Crippen molar-refractivity contribution in [2.75, 3.05) is 44.7 Å². The van der Waals surface area contributed by atoms with Crippen LogP contribution in [-0.4, -0.2) is 115 Å². The van der Waals surface area contributed by atoms with Crippen LogP contribution in [0.3, 0.4) is 0 Å². The molecule has 14 nitrogen and oxygen atoms in total. The van der Waals surface area contributed by atoms with Crippen molar-refractivity contribution in [3.8, 4) is 11.5 Å². The number of likely N-dealkylation sites (tertiary alicyclic amines) is 1. The van der Waals surface area contributed by atoms with E-state index in [-0.39, 0.29) is 24.8 Å². The molecule has 1 aliphatic carbocycles. The fourth-order valence-corrected chi connectivity index (χ4v) is 10.4. The molecule has 1 spiro atoms. The quantitative estimate of drug-likeness (QED) is 0.183. The molecule has 8 rings (SSSR count). The van der Waals surface area contributed by atoms with Gasteiger partial charge in [0.05, 0.1) is 17.7 Å². The fraction of sp³-hybridized carbons (Fsp3) is 0.490. The van der Waals surface area contributed by atoms with E-state index in [9.17, 15) is 19.2 Å². The summed E-state index contributed by atoms with van der Waals surface area (Å²) in [6, 6.07) is 21.0. The first-order chi connectivity index (χ1) is 30.6. The summed E-state index contributed by atoms with van der Waals surface area (Å²) in [7, 11) is 1.45. The number of nitrogens with zero attached hydrogens (tertiary/aromatic N) is 7. The maximum absolute atomic E-state index is 13.5. The lowest BCUT2D eigenvalue weighted by atomic mass is 9.66. The first kappa shape index (κ1) is 43.9. The van der Waals surface area contributed by atoms with Gasteiger partial charge in [0.1, 0.15) is 42.2 Å². The summed E-state index contributed by atoms with van der Waals surface area (Å²) in [5.74, 6) is 1.97. The summed E-state index contributed by atoms with van der Waals surface area (Å²) in [5.41, 5.74) is 12.2. The minimum Gasteiger partial charge on any atom is -0.457 e. The largest absolute Gasteiger partial charge is 0.457 e. The van der Waals surface area contributed by atoms with Gasteiger partial charge in [0.2, 0.25) is 12.3 Å². The maximum Gasteiger partial charge on any atom is 0.261 e. The number of anilines is 1. The van der Waals surface area contributed by atoms with Crippen LogP contribution in [0, 0.1) is 31.1 Å². The number of amidine groups is 1. The summed E-state index contributed by atoms with van der Waals surface area (Å²) in [5, 5.41) is 9.96. The number of para-hydroxylation sites is 1. The molecule has 0 bridgehead atoms. The molecule has 4 heterocycles. The Hall–Kier alpha value is -5.73. The minimum absolute atomic E-state index is 0.0640. The second-order valence-electron chi connectivity index (χ2n) is 18.1. The molecule has 3 N–H and O–H groups in total. The second-order valence-corrected chi connectivity index (χ2v) is 18.1. The lowest BCUT2D eigenvalue weighted by Crippen LogP contribution is -2.48. The molecule has 5 aliphatic rings. The van der Waals surface area contributed by atoms with Crippen molar-refractivity contribution in [1.29, 1.82) is 0 Å². The van der Waals surface area contributed by atoms with Gasteiger partial charge in [-0.3, -0.25) is 24.3 Å². The molecular weight excluding hydrogens is 795 g/mol. The van der Waals surface area contributed by atoms with E-state index < -0.39 is 24.0 Å². The van der Waals surface area contributed by atoms with Gasteiger partial charge in [-0.25, -0.2) is 10.0 Å². The lowest BCUT2D eigenvalue weighted by molar-refractivity contribution is -0.131. The Balaban J connectivity index is 0.821. The van der Waals surface area contributed by atoms with Gasteiger partial charge >= 0.3 is 0 Å². The van der Waals surface area contributed by atoms with Gasteiger partial charge in [-0.15, -0.1) is 0 Å². The topological polar surface area (TPSA) is 166 Å². The van der Waals surface area contributed by atoms with Crippen LogP contribution >= 0.6 is 0 Å². The minimum atomic E-state index is -1.05. The molecule has 3 aromatic carbocycles. The van der Waals surface area contributed by atoms with E-state index in [1.165, 1.54) is 32.7 Å². The van der Waals surface area contributed by atoms with Gasteiger partial charge in [0.25, 0.3) is 5.91 Å². The summed E-state index contributed by atoms with van der Waals surface area (Å²) in [6.07, 6.45) is 11.6. The third-order valence-corrected chi connectivity index (χ3v) is 14.2. The molecule has 63 heavy (non-hydrogen) atoms. The van der Waals surface area contributed by atoms with E-state index in [0.717, 1.165) is 109 Å². The van der Waals surface area contributed by atoms with Crippen molar-refractivity contribution in [1.82, 2.24) is 20.1 Å². The van der Waals surface area contributed by atoms with E-state index in [1.54, 1.807) is 12.4 Å². The highest BCUT2D eigenvalue weighted by atomic mass is 16.5. The maximum atomic E-state index is 13.5. The molecular formula is C49H61N9O5. The van der Waals surface area contributed by atoms with Crippen LogP contribution in [0.1, 0.15) is 91.3 Å². The molecule has 332 valence electrons. The van der Waals surface area contributed by atoms with Gasteiger partial charge < -0.3 is 30.4 Å². The van der Waals surface area contributed by atoms with Crippen LogP contribution in [0.2, 0.25) is 0 Å². The van der Waals surface area contributed by atoms with Crippen molar-refractivity contribution in [3.63, 3.8) is 0 Å². The second kappa shape index (κ2) is 19.3. The van der Waals surface area contributed by atoms with Crippen LogP contribution in [0.25, 0.3) is 0 Å². The number of hydrazone groups is 1. The van der Waals surface area contributed by atoms with Crippen LogP contribution in [0.5, 0.6) is 11.5 Å². The highest BCUT2D eigenvalue weighted by Crippen LogP contribution is 2.47. The number of nitrogens with one attached hydrogen (secondary N) is 1. The predicted octanol–water partition coefficient (Wildman–Crippen LogP) is 6.09. The third-order valence-electron chi connectivity index (χ3n) is 14.2. The lowest BCUT2D eigenvalue weighted by Gasteiger charge is -2.48. The van der Waals surface area contributed by atoms with Crippen LogP contribution < -0.4 is 20.7 Å². The third kappa shape index (κ3) is 9.47. The number of nitrogens with two attached hydrogens (primary N) is 1. The standard InChI is InChI=1S/C49H61N9O5/c1-33-29-38(12-13-40(33)48(62)57(32-60)41(10-7-27-59)47(61)51-3)56-23-17-35(18-24-56)30-55-25-21-49(22-26-55)19-15-37(16-20-49)58-46-43(45(50)52-31-53-46)44(54-58)36-11-14-42(34(2)28-36)63-39-8-5-4-6-9-39/h4-6,8-9,11-14,27-29,31-32,35,37,41,43,45H,7,10,15-26,30,50H2,1-3H3,(H,51,61). The molecule has 3 amide bonds. The smallest absolute Gasteiger partial charge is 0.261 e. The number of hydrogen-bond acceptors (Lipinski definition) is 12. The van der Waals surface area contributed by atoms with Crippen LogP contribution in [-0.2, 0) is 14.4 Å². The molecule has 0 aromatic heterocycles. The average molecular weight is 856 g/mol. The van der Waals surface area contributed by atoms with Crippen LogP contribution in [0.15, 0.2) is 81.8 Å². The molecule has 3 aromatic rings. The Bertz CT molecular complexity index is 2240. The number of amides is 3. The molecule has 0 radical (unpaired) electrons. The Morgan fingerprint density at radius 2 is 1.68 bits per heavy atom. The Kier molecular flexibility index (Phi) is 13.5. The van der Waals surface area contributed by atoms with Gasteiger partial charge in [-0.2, -0.15) is 5.10 Å². The number of carbonyl (C=O) groups is 4. The zero-order valence-corrected chi connectivity index (χ0v) is 36.8. The highest BCUT2D eigenvalue weighted by Gasteiger charge is 2.46. The summed E-state index contributed by atoms with van der Waals surface area (Å²) in [6.45, 7) is 9.22. The Morgan fingerprint density at radius 1 is 0.937 bits per heavy atom. The monoisotopic (exact) mass is 855 g/mol.